The zero-order valence-corrected chi connectivity index (χ0v) is 17.9. The molecule has 2 atom stereocenters. The predicted octanol–water partition coefficient (Wildman–Crippen LogP) is 4.22. The van der Waals surface area contributed by atoms with E-state index in [-0.39, 0.29) is 29.7 Å². The Morgan fingerprint density at radius 1 is 1.17 bits per heavy atom. The number of carbonyl (C=O) groups is 2. The Morgan fingerprint density at radius 3 is 2.47 bits per heavy atom. The zero-order valence-electron chi connectivity index (χ0n) is 17.1. The average molecular weight is 433 g/mol. The average Bonchev–Trinajstić information content (AvgIpc) is 2.73. The Kier molecular flexibility index (Phi) is 7.45. The van der Waals surface area contributed by atoms with Crippen LogP contribution in [-0.4, -0.2) is 42.5 Å². The highest BCUT2D eigenvalue weighted by Gasteiger charge is 2.31. The van der Waals surface area contributed by atoms with Gasteiger partial charge in [0.05, 0.1) is 13.2 Å². The van der Waals surface area contributed by atoms with E-state index in [0.29, 0.717) is 36.7 Å². The van der Waals surface area contributed by atoms with Crippen LogP contribution in [0.1, 0.15) is 42.3 Å². The number of morpholine rings is 1. The molecule has 0 aromatic heterocycles. The minimum absolute atomic E-state index is 0.138. The van der Waals surface area contributed by atoms with Crippen molar-refractivity contribution in [3.63, 3.8) is 0 Å². The summed E-state index contributed by atoms with van der Waals surface area (Å²) in [6, 6.07) is 12.0. The number of benzene rings is 2. The summed E-state index contributed by atoms with van der Waals surface area (Å²) in [7, 11) is 0. The van der Waals surface area contributed by atoms with Crippen molar-refractivity contribution in [2.75, 3.05) is 19.7 Å². The predicted molar refractivity (Wildman–Crippen MR) is 114 cm³/mol. The maximum Gasteiger partial charge on any atom is 0.251 e. The highest BCUT2D eigenvalue weighted by atomic mass is 35.5. The third kappa shape index (κ3) is 5.80. The third-order valence-corrected chi connectivity index (χ3v) is 5.29. The van der Waals surface area contributed by atoms with E-state index in [1.165, 1.54) is 12.1 Å². The van der Waals surface area contributed by atoms with Gasteiger partial charge >= 0.3 is 0 Å². The molecule has 1 fully saturated rings. The molecule has 2 aromatic carbocycles. The molecule has 3 rings (SSSR count). The van der Waals surface area contributed by atoms with Crippen LogP contribution >= 0.6 is 11.6 Å². The molecule has 7 heteroatoms. The van der Waals surface area contributed by atoms with Crippen LogP contribution in [0, 0.1) is 11.7 Å². The first kappa shape index (κ1) is 22.2. The third-order valence-electron chi connectivity index (χ3n) is 5.04. The summed E-state index contributed by atoms with van der Waals surface area (Å²) in [6.07, 6.45) is 0.200. The Morgan fingerprint density at radius 2 is 1.83 bits per heavy atom. The van der Waals surface area contributed by atoms with Crippen molar-refractivity contribution in [1.82, 2.24) is 10.2 Å². The summed E-state index contributed by atoms with van der Waals surface area (Å²) in [5.41, 5.74) is 1.27. The van der Waals surface area contributed by atoms with Gasteiger partial charge in [-0.15, -0.1) is 0 Å². The van der Waals surface area contributed by atoms with Crippen molar-refractivity contribution in [2.24, 2.45) is 5.92 Å². The maximum atomic E-state index is 13.3. The highest BCUT2D eigenvalue weighted by Crippen LogP contribution is 2.23. The summed E-state index contributed by atoms with van der Waals surface area (Å²) in [5.74, 6) is -0.543. The van der Waals surface area contributed by atoms with E-state index >= 15 is 0 Å². The summed E-state index contributed by atoms with van der Waals surface area (Å²) in [5, 5.41) is 3.42. The van der Waals surface area contributed by atoms with Crippen molar-refractivity contribution >= 4 is 23.4 Å². The lowest BCUT2D eigenvalue weighted by atomic mass is 10.0. The number of carbonyl (C=O) groups excluding carboxylic acids is 2. The zero-order chi connectivity index (χ0) is 21.7. The smallest absolute Gasteiger partial charge is 0.251 e. The van der Waals surface area contributed by atoms with Crippen LogP contribution in [0.25, 0.3) is 0 Å². The fourth-order valence-corrected chi connectivity index (χ4v) is 3.61. The molecule has 30 heavy (non-hydrogen) atoms. The molecule has 0 bridgehead atoms. The summed E-state index contributed by atoms with van der Waals surface area (Å²) < 4.78 is 19.0. The Balaban J connectivity index is 1.71. The first-order valence-electron chi connectivity index (χ1n) is 10.1. The van der Waals surface area contributed by atoms with Gasteiger partial charge in [-0.05, 0) is 54.3 Å². The molecule has 1 aliphatic heterocycles. The lowest BCUT2D eigenvalue weighted by Crippen LogP contribution is -2.52. The van der Waals surface area contributed by atoms with Gasteiger partial charge in [0.2, 0.25) is 5.91 Å². The van der Waals surface area contributed by atoms with Crippen LogP contribution in [0.4, 0.5) is 4.39 Å². The number of nitrogens with one attached hydrogen (secondary N) is 1. The second kappa shape index (κ2) is 10.0. The van der Waals surface area contributed by atoms with Crippen molar-refractivity contribution in [2.45, 2.75) is 32.4 Å². The standard InChI is InChI=1S/C23H26ClFN2O3/c1-15(2)13-20(26-22(28)17-3-7-18(24)8-4-17)23(29)27-11-12-30-21(14-27)16-5-9-19(25)10-6-16/h3-10,15,20-21H,11-14H2,1-2H3,(H,26,28). The minimum atomic E-state index is -0.639. The molecule has 160 valence electrons. The first-order chi connectivity index (χ1) is 14.3. The molecule has 2 aromatic rings. The summed E-state index contributed by atoms with van der Waals surface area (Å²) in [4.78, 5) is 27.6. The monoisotopic (exact) mass is 432 g/mol. The van der Waals surface area contributed by atoms with E-state index in [4.69, 9.17) is 16.3 Å². The maximum absolute atomic E-state index is 13.3. The van der Waals surface area contributed by atoms with Crippen LogP contribution in [0.3, 0.4) is 0 Å². The number of hydrogen-bond acceptors (Lipinski definition) is 3. The summed E-state index contributed by atoms with van der Waals surface area (Å²) >= 11 is 5.89. The lowest BCUT2D eigenvalue weighted by molar-refractivity contribution is -0.141. The molecule has 0 aliphatic carbocycles. The van der Waals surface area contributed by atoms with Gasteiger partial charge in [0.1, 0.15) is 18.0 Å². The molecule has 1 N–H and O–H groups in total. The Hall–Kier alpha value is -2.44. The fraction of sp³-hybridized carbons (Fsp3) is 0.391. The normalized spacial score (nSPS) is 17.6. The van der Waals surface area contributed by atoms with E-state index in [2.05, 4.69) is 5.32 Å². The van der Waals surface area contributed by atoms with Gasteiger partial charge in [-0.1, -0.05) is 37.6 Å². The molecule has 1 saturated heterocycles. The first-order valence-corrected chi connectivity index (χ1v) is 10.4. The number of halogens is 2. The van der Waals surface area contributed by atoms with Gasteiger partial charge in [-0.25, -0.2) is 4.39 Å². The second-order valence-electron chi connectivity index (χ2n) is 7.86. The lowest BCUT2D eigenvalue weighted by Gasteiger charge is -2.35. The van der Waals surface area contributed by atoms with Crippen LogP contribution in [0.2, 0.25) is 5.02 Å². The van der Waals surface area contributed by atoms with Crippen molar-refractivity contribution in [1.29, 1.82) is 0 Å². The SMILES string of the molecule is CC(C)CC(NC(=O)c1ccc(Cl)cc1)C(=O)N1CCOC(c2ccc(F)cc2)C1. The molecule has 1 heterocycles. The van der Waals surface area contributed by atoms with Gasteiger partial charge < -0.3 is 15.0 Å². The van der Waals surface area contributed by atoms with Gasteiger partial charge in [0, 0.05) is 17.1 Å². The van der Waals surface area contributed by atoms with Crippen LogP contribution < -0.4 is 5.32 Å². The minimum Gasteiger partial charge on any atom is -0.370 e. The van der Waals surface area contributed by atoms with Gasteiger partial charge in [0.25, 0.3) is 5.91 Å². The second-order valence-corrected chi connectivity index (χ2v) is 8.29. The van der Waals surface area contributed by atoms with Crippen molar-refractivity contribution in [3.8, 4) is 0 Å². The van der Waals surface area contributed by atoms with E-state index in [1.807, 2.05) is 13.8 Å². The number of hydrogen-bond donors (Lipinski definition) is 1. The van der Waals surface area contributed by atoms with E-state index in [9.17, 15) is 14.0 Å². The number of ether oxygens (including phenoxy) is 1. The molecule has 2 unspecified atom stereocenters. The fourth-order valence-electron chi connectivity index (χ4n) is 3.48. The van der Waals surface area contributed by atoms with Gasteiger partial charge in [-0.2, -0.15) is 0 Å². The molecular formula is C23H26ClFN2O3. The quantitative estimate of drug-likeness (QED) is 0.743. The molecular weight excluding hydrogens is 407 g/mol. The van der Waals surface area contributed by atoms with Crippen LogP contribution in [0.5, 0.6) is 0 Å². The van der Waals surface area contributed by atoms with Crippen molar-refractivity contribution in [3.05, 3.63) is 70.5 Å². The molecule has 1 aliphatic rings. The van der Waals surface area contributed by atoms with E-state index in [0.717, 1.165) is 5.56 Å². The number of rotatable bonds is 6. The van der Waals surface area contributed by atoms with Crippen LogP contribution in [0.15, 0.2) is 48.5 Å². The van der Waals surface area contributed by atoms with Gasteiger partial charge in [-0.3, -0.25) is 9.59 Å². The number of nitrogens with zero attached hydrogens (tertiary/aromatic N) is 1. The van der Waals surface area contributed by atoms with Crippen molar-refractivity contribution < 1.29 is 18.7 Å². The largest absolute Gasteiger partial charge is 0.370 e. The molecule has 2 amide bonds. The van der Waals surface area contributed by atoms with E-state index < -0.39 is 6.04 Å². The molecule has 0 spiro atoms. The molecule has 5 nitrogen and oxygen atoms in total. The Bertz CT molecular complexity index is 871. The number of amides is 2. The Labute approximate surface area is 181 Å². The van der Waals surface area contributed by atoms with Gasteiger partial charge in [0.15, 0.2) is 0 Å². The molecule has 0 saturated carbocycles. The summed E-state index contributed by atoms with van der Waals surface area (Å²) in [6.45, 7) is 5.20. The van der Waals surface area contributed by atoms with Crippen LogP contribution in [-0.2, 0) is 9.53 Å². The molecule has 0 radical (unpaired) electrons. The van der Waals surface area contributed by atoms with E-state index in [1.54, 1.807) is 41.3 Å². The topological polar surface area (TPSA) is 58.6 Å². The highest BCUT2D eigenvalue weighted by molar-refractivity contribution is 6.30.